The molecule has 0 amide bonds. The van der Waals surface area contributed by atoms with Crippen LogP contribution < -0.4 is 0 Å². The maximum atomic E-state index is 11.7. The van der Waals surface area contributed by atoms with Crippen molar-refractivity contribution in [2.45, 2.75) is 26.7 Å². The van der Waals surface area contributed by atoms with E-state index in [1.807, 2.05) is 37.3 Å². The summed E-state index contributed by atoms with van der Waals surface area (Å²) in [6, 6.07) is 9.52. The van der Waals surface area contributed by atoms with Crippen LogP contribution in [0.25, 0.3) is 0 Å². The molecule has 1 rings (SSSR count). The van der Waals surface area contributed by atoms with E-state index >= 15 is 0 Å². The molecule has 0 aromatic heterocycles. The van der Waals surface area contributed by atoms with E-state index in [9.17, 15) is 4.79 Å². The average molecular weight is 176 g/mol. The molecule has 0 bridgehead atoms. The summed E-state index contributed by atoms with van der Waals surface area (Å²) in [6.07, 6.45) is 2.05. The summed E-state index contributed by atoms with van der Waals surface area (Å²) < 4.78 is 0. The predicted molar refractivity (Wildman–Crippen MR) is 54.8 cm³/mol. The molecule has 0 fully saturated rings. The van der Waals surface area contributed by atoms with E-state index in [4.69, 9.17) is 0 Å². The Balaban J connectivity index is 2.68. The van der Waals surface area contributed by atoms with Crippen LogP contribution in [0.5, 0.6) is 0 Å². The molecule has 0 spiro atoms. The Kier molecular flexibility index (Phi) is 3.69. The molecular weight excluding hydrogens is 160 g/mol. The molecule has 0 saturated carbocycles. The first-order valence-electron chi connectivity index (χ1n) is 4.85. The van der Waals surface area contributed by atoms with Gasteiger partial charge in [-0.2, -0.15) is 0 Å². The second kappa shape index (κ2) is 4.80. The molecule has 0 unspecified atom stereocenters. The third-order valence-corrected chi connectivity index (χ3v) is 2.23. The number of benzene rings is 1. The number of hydrogen-bond acceptors (Lipinski definition) is 1. The minimum atomic E-state index is 0.160. The van der Waals surface area contributed by atoms with E-state index in [2.05, 4.69) is 6.92 Å². The van der Waals surface area contributed by atoms with Gasteiger partial charge in [-0.25, -0.2) is 0 Å². The van der Waals surface area contributed by atoms with E-state index < -0.39 is 0 Å². The molecule has 0 saturated heterocycles. The Morgan fingerprint density at radius 1 is 1.31 bits per heavy atom. The third-order valence-electron chi connectivity index (χ3n) is 2.23. The van der Waals surface area contributed by atoms with Crippen LogP contribution in [0.2, 0.25) is 0 Å². The van der Waals surface area contributed by atoms with Gasteiger partial charge in [0, 0.05) is 11.5 Å². The highest BCUT2D eigenvalue weighted by molar-refractivity contribution is 5.97. The van der Waals surface area contributed by atoms with E-state index in [1.54, 1.807) is 0 Å². The number of carbonyl (C=O) groups is 1. The van der Waals surface area contributed by atoms with Crippen molar-refractivity contribution in [1.29, 1.82) is 0 Å². The van der Waals surface area contributed by atoms with Gasteiger partial charge in [-0.1, -0.05) is 50.6 Å². The molecule has 0 heterocycles. The van der Waals surface area contributed by atoms with Gasteiger partial charge >= 0.3 is 0 Å². The maximum absolute atomic E-state index is 11.7. The second-order valence-electron chi connectivity index (χ2n) is 3.42. The van der Waals surface area contributed by atoms with Crippen molar-refractivity contribution in [2.24, 2.45) is 5.92 Å². The van der Waals surface area contributed by atoms with Gasteiger partial charge in [0.2, 0.25) is 0 Å². The molecule has 0 aliphatic carbocycles. The molecular formula is C12H16O. The summed E-state index contributed by atoms with van der Waals surface area (Å²) in [5.74, 6) is 0.426. The summed E-state index contributed by atoms with van der Waals surface area (Å²) in [7, 11) is 0. The zero-order chi connectivity index (χ0) is 9.68. The highest BCUT2D eigenvalue weighted by Gasteiger charge is 2.12. The van der Waals surface area contributed by atoms with Crippen LogP contribution in [0.3, 0.4) is 0 Å². The lowest BCUT2D eigenvalue weighted by atomic mass is 9.95. The Labute approximate surface area is 79.8 Å². The number of Topliss-reactive ketones (excluding diaryl/α,β-unsaturated/α-hetero) is 1. The monoisotopic (exact) mass is 176 g/mol. The molecule has 1 aromatic rings. The van der Waals surface area contributed by atoms with Gasteiger partial charge < -0.3 is 0 Å². The summed E-state index contributed by atoms with van der Waals surface area (Å²) in [4.78, 5) is 11.7. The van der Waals surface area contributed by atoms with Crippen LogP contribution in [0.1, 0.15) is 37.0 Å². The number of ketones is 1. The van der Waals surface area contributed by atoms with Gasteiger partial charge in [0.05, 0.1) is 0 Å². The molecule has 13 heavy (non-hydrogen) atoms. The van der Waals surface area contributed by atoms with E-state index in [-0.39, 0.29) is 11.7 Å². The fourth-order valence-corrected chi connectivity index (χ4v) is 1.45. The zero-order valence-electron chi connectivity index (χ0n) is 8.29. The fraction of sp³-hybridized carbons (Fsp3) is 0.417. The van der Waals surface area contributed by atoms with Gasteiger partial charge in [0.1, 0.15) is 0 Å². The van der Waals surface area contributed by atoms with Crippen molar-refractivity contribution in [3.63, 3.8) is 0 Å². The van der Waals surface area contributed by atoms with Crippen molar-refractivity contribution in [1.82, 2.24) is 0 Å². The lowest BCUT2D eigenvalue weighted by Crippen LogP contribution is -2.10. The van der Waals surface area contributed by atoms with Gasteiger partial charge in [-0.05, 0) is 6.42 Å². The Bertz CT molecular complexity index is 264. The average Bonchev–Trinajstić information content (AvgIpc) is 2.18. The molecule has 0 N–H and O–H groups in total. The highest BCUT2D eigenvalue weighted by Crippen LogP contribution is 2.12. The van der Waals surface area contributed by atoms with E-state index in [1.165, 1.54) is 0 Å². The molecule has 0 radical (unpaired) electrons. The van der Waals surface area contributed by atoms with Crippen molar-refractivity contribution >= 4 is 5.78 Å². The van der Waals surface area contributed by atoms with Crippen LogP contribution in [0, 0.1) is 5.92 Å². The fourth-order valence-electron chi connectivity index (χ4n) is 1.45. The van der Waals surface area contributed by atoms with E-state index in [0.717, 1.165) is 18.4 Å². The molecule has 1 aromatic carbocycles. The van der Waals surface area contributed by atoms with Gasteiger partial charge in [-0.3, -0.25) is 4.79 Å². The molecule has 0 aliphatic rings. The van der Waals surface area contributed by atoms with Gasteiger partial charge in [0.15, 0.2) is 5.78 Å². The first kappa shape index (κ1) is 9.97. The normalized spacial score (nSPS) is 12.5. The molecule has 1 heteroatoms. The minimum absolute atomic E-state index is 0.160. The summed E-state index contributed by atoms with van der Waals surface area (Å²) in [5.41, 5.74) is 0.837. The summed E-state index contributed by atoms with van der Waals surface area (Å²) >= 11 is 0. The molecule has 1 atom stereocenters. The smallest absolute Gasteiger partial charge is 0.165 e. The lowest BCUT2D eigenvalue weighted by Gasteiger charge is -2.08. The number of hydrogen-bond donors (Lipinski definition) is 0. The number of rotatable bonds is 4. The second-order valence-corrected chi connectivity index (χ2v) is 3.42. The Morgan fingerprint density at radius 3 is 2.46 bits per heavy atom. The Hall–Kier alpha value is -1.11. The summed E-state index contributed by atoms with van der Waals surface area (Å²) in [6.45, 7) is 4.10. The molecule has 1 nitrogen and oxygen atoms in total. The first-order valence-corrected chi connectivity index (χ1v) is 4.85. The van der Waals surface area contributed by atoms with Crippen LogP contribution in [0.4, 0.5) is 0 Å². The van der Waals surface area contributed by atoms with Crippen LogP contribution in [-0.4, -0.2) is 5.78 Å². The highest BCUT2D eigenvalue weighted by atomic mass is 16.1. The zero-order valence-corrected chi connectivity index (χ0v) is 8.29. The van der Waals surface area contributed by atoms with Crippen molar-refractivity contribution < 1.29 is 4.79 Å². The topological polar surface area (TPSA) is 17.1 Å². The van der Waals surface area contributed by atoms with Crippen LogP contribution in [0.15, 0.2) is 30.3 Å². The summed E-state index contributed by atoms with van der Waals surface area (Å²) in [5, 5.41) is 0. The lowest BCUT2D eigenvalue weighted by molar-refractivity contribution is 0.0923. The maximum Gasteiger partial charge on any atom is 0.165 e. The van der Waals surface area contributed by atoms with Crippen molar-refractivity contribution in [2.75, 3.05) is 0 Å². The van der Waals surface area contributed by atoms with Crippen molar-refractivity contribution in [3.05, 3.63) is 35.9 Å². The molecule has 0 aliphatic heterocycles. The van der Waals surface area contributed by atoms with Crippen LogP contribution >= 0.6 is 0 Å². The van der Waals surface area contributed by atoms with Crippen molar-refractivity contribution in [3.8, 4) is 0 Å². The van der Waals surface area contributed by atoms with Gasteiger partial charge in [0.25, 0.3) is 0 Å². The first-order chi connectivity index (χ1) is 6.25. The van der Waals surface area contributed by atoms with Crippen LogP contribution in [-0.2, 0) is 0 Å². The predicted octanol–water partition coefficient (Wildman–Crippen LogP) is 3.31. The largest absolute Gasteiger partial charge is 0.294 e. The SMILES string of the molecule is CCC[C@@H](C)C(=O)c1ccccc1. The molecule has 70 valence electrons. The standard InChI is InChI=1S/C12H16O/c1-3-7-10(2)12(13)11-8-5-4-6-9-11/h4-6,8-10H,3,7H2,1-2H3/t10-/m1/s1. The van der Waals surface area contributed by atoms with E-state index in [0.29, 0.717) is 0 Å². The Morgan fingerprint density at radius 2 is 1.92 bits per heavy atom. The minimum Gasteiger partial charge on any atom is -0.294 e. The number of carbonyl (C=O) groups excluding carboxylic acids is 1. The van der Waals surface area contributed by atoms with Gasteiger partial charge in [-0.15, -0.1) is 0 Å². The third kappa shape index (κ3) is 2.69. The quantitative estimate of drug-likeness (QED) is 0.643.